The van der Waals surface area contributed by atoms with Gasteiger partial charge in [-0.05, 0) is 29.8 Å². The third-order valence-corrected chi connectivity index (χ3v) is 2.59. The zero-order valence-electron chi connectivity index (χ0n) is 10.9. The highest BCUT2D eigenvalue weighted by Crippen LogP contribution is 2.21. The van der Waals surface area contributed by atoms with Crippen LogP contribution in [0.4, 0.5) is 0 Å². The molecule has 94 valence electrons. The molecule has 0 fully saturated rings. The topological polar surface area (TPSA) is 21.3 Å². The Hall–Kier alpha value is -1.80. The number of benzene rings is 2. The fraction of sp³-hybridized carbons (Fsp3) is 0.250. The summed E-state index contributed by atoms with van der Waals surface area (Å²) >= 11 is 0. The van der Waals surface area contributed by atoms with Crippen molar-refractivity contribution < 1.29 is 4.74 Å². The van der Waals surface area contributed by atoms with Gasteiger partial charge in [-0.1, -0.05) is 44.2 Å². The summed E-state index contributed by atoms with van der Waals surface area (Å²) in [5.74, 6) is 1.75. The molecule has 0 atom stereocenters. The Morgan fingerprint density at radius 2 is 1.67 bits per heavy atom. The van der Waals surface area contributed by atoms with Crippen molar-refractivity contribution in [3.8, 4) is 11.5 Å². The van der Waals surface area contributed by atoms with E-state index in [1.807, 2.05) is 42.5 Å². The van der Waals surface area contributed by atoms with Gasteiger partial charge in [0.15, 0.2) is 0 Å². The predicted molar refractivity (Wildman–Crippen MR) is 74.9 cm³/mol. The first kappa shape index (κ1) is 12.7. The van der Waals surface area contributed by atoms with Gasteiger partial charge in [0.05, 0.1) is 0 Å². The lowest BCUT2D eigenvalue weighted by Crippen LogP contribution is -2.21. The van der Waals surface area contributed by atoms with E-state index < -0.39 is 0 Å². The number of hydrogen-bond acceptors (Lipinski definition) is 2. The van der Waals surface area contributed by atoms with Crippen molar-refractivity contribution in [1.82, 2.24) is 5.32 Å². The van der Waals surface area contributed by atoms with Crippen molar-refractivity contribution >= 4 is 0 Å². The van der Waals surface area contributed by atoms with Crippen molar-refractivity contribution in [2.75, 3.05) is 0 Å². The summed E-state index contributed by atoms with van der Waals surface area (Å²) < 4.78 is 5.80. The van der Waals surface area contributed by atoms with Gasteiger partial charge >= 0.3 is 0 Å². The molecule has 0 aliphatic carbocycles. The van der Waals surface area contributed by atoms with Crippen molar-refractivity contribution in [1.29, 1.82) is 0 Å². The van der Waals surface area contributed by atoms with E-state index in [4.69, 9.17) is 4.74 Å². The first-order chi connectivity index (χ1) is 8.74. The first-order valence-electron chi connectivity index (χ1n) is 6.29. The van der Waals surface area contributed by atoms with Gasteiger partial charge < -0.3 is 10.1 Å². The largest absolute Gasteiger partial charge is 0.457 e. The van der Waals surface area contributed by atoms with Crippen molar-refractivity contribution in [3.63, 3.8) is 0 Å². The average Bonchev–Trinajstić information content (AvgIpc) is 2.38. The number of hydrogen-bond donors (Lipinski definition) is 1. The van der Waals surface area contributed by atoms with E-state index in [1.165, 1.54) is 5.56 Å². The fourth-order valence-corrected chi connectivity index (χ4v) is 1.67. The van der Waals surface area contributed by atoms with Crippen LogP contribution >= 0.6 is 0 Å². The molecule has 0 saturated heterocycles. The molecule has 0 radical (unpaired) electrons. The summed E-state index contributed by atoms with van der Waals surface area (Å²) in [5.41, 5.74) is 1.23. The Morgan fingerprint density at radius 1 is 0.944 bits per heavy atom. The van der Waals surface area contributed by atoms with Crippen LogP contribution in [0.25, 0.3) is 0 Å². The van der Waals surface area contributed by atoms with E-state index in [-0.39, 0.29) is 0 Å². The molecule has 0 unspecified atom stereocenters. The van der Waals surface area contributed by atoms with Gasteiger partial charge in [0.2, 0.25) is 0 Å². The van der Waals surface area contributed by atoms with Crippen molar-refractivity contribution in [3.05, 3.63) is 60.2 Å². The molecule has 0 heterocycles. The molecule has 0 aliphatic rings. The van der Waals surface area contributed by atoms with E-state index in [2.05, 4.69) is 31.3 Å². The fourth-order valence-electron chi connectivity index (χ4n) is 1.67. The molecule has 0 bridgehead atoms. The minimum atomic E-state index is 0.490. The van der Waals surface area contributed by atoms with Crippen LogP contribution in [-0.4, -0.2) is 6.04 Å². The Kier molecular flexibility index (Phi) is 4.37. The predicted octanol–water partition coefficient (Wildman–Crippen LogP) is 3.98. The molecule has 0 aliphatic heterocycles. The van der Waals surface area contributed by atoms with Crippen LogP contribution in [-0.2, 0) is 6.54 Å². The van der Waals surface area contributed by atoms with Crippen LogP contribution in [0, 0.1) is 0 Å². The summed E-state index contributed by atoms with van der Waals surface area (Å²) in [7, 11) is 0. The van der Waals surface area contributed by atoms with Crippen molar-refractivity contribution in [2.24, 2.45) is 0 Å². The first-order valence-corrected chi connectivity index (χ1v) is 6.29. The lowest BCUT2D eigenvalue weighted by Gasteiger charge is -2.10. The summed E-state index contributed by atoms with van der Waals surface area (Å²) in [4.78, 5) is 0. The highest BCUT2D eigenvalue weighted by atomic mass is 16.5. The molecular formula is C16H19NO. The molecule has 2 aromatic rings. The molecule has 2 aromatic carbocycles. The van der Waals surface area contributed by atoms with E-state index in [9.17, 15) is 0 Å². The Bertz CT molecular complexity index is 479. The smallest absolute Gasteiger partial charge is 0.127 e. The maximum atomic E-state index is 5.80. The van der Waals surface area contributed by atoms with E-state index in [0.29, 0.717) is 6.04 Å². The number of rotatable bonds is 5. The summed E-state index contributed by atoms with van der Waals surface area (Å²) in [6.45, 7) is 5.15. The molecule has 1 N–H and O–H groups in total. The zero-order chi connectivity index (χ0) is 12.8. The lowest BCUT2D eigenvalue weighted by atomic mass is 10.2. The second-order valence-electron chi connectivity index (χ2n) is 4.60. The average molecular weight is 241 g/mol. The standard InChI is InChI=1S/C16H19NO/c1-13(2)17-12-14-7-6-10-16(11-14)18-15-8-4-3-5-9-15/h3-11,13,17H,12H2,1-2H3. The Labute approximate surface area is 109 Å². The third-order valence-electron chi connectivity index (χ3n) is 2.59. The SMILES string of the molecule is CC(C)NCc1cccc(Oc2ccccc2)c1. The van der Waals surface area contributed by atoms with E-state index >= 15 is 0 Å². The maximum absolute atomic E-state index is 5.80. The van der Waals surface area contributed by atoms with Crippen LogP contribution < -0.4 is 10.1 Å². The van der Waals surface area contributed by atoms with Crippen LogP contribution in [0.2, 0.25) is 0 Å². The highest BCUT2D eigenvalue weighted by molar-refractivity contribution is 5.33. The molecule has 0 spiro atoms. The zero-order valence-corrected chi connectivity index (χ0v) is 10.9. The minimum absolute atomic E-state index is 0.490. The molecule has 2 nitrogen and oxygen atoms in total. The molecular weight excluding hydrogens is 222 g/mol. The van der Waals surface area contributed by atoms with E-state index in [1.54, 1.807) is 0 Å². The van der Waals surface area contributed by atoms with Gasteiger partial charge in [0.25, 0.3) is 0 Å². The van der Waals surface area contributed by atoms with E-state index in [0.717, 1.165) is 18.0 Å². The maximum Gasteiger partial charge on any atom is 0.127 e. The normalized spacial score (nSPS) is 10.6. The number of nitrogens with one attached hydrogen (secondary N) is 1. The van der Waals surface area contributed by atoms with Crippen LogP contribution in [0.15, 0.2) is 54.6 Å². The van der Waals surface area contributed by atoms with Gasteiger partial charge in [-0.3, -0.25) is 0 Å². The van der Waals surface area contributed by atoms with Gasteiger partial charge in [0, 0.05) is 12.6 Å². The molecule has 0 aromatic heterocycles. The molecule has 2 heteroatoms. The molecule has 2 rings (SSSR count). The lowest BCUT2D eigenvalue weighted by molar-refractivity contribution is 0.481. The minimum Gasteiger partial charge on any atom is -0.457 e. The van der Waals surface area contributed by atoms with Gasteiger partial charge in [-0.25, -0.2) is 0 Å². The van der Waals surface area contributed by atoms with Crippen molar-refractivity contribution in [2.45, 2.75) is 26.4 Å². The van der Waals surface area contributed by atoms with Gasteiger partial charge in [-0.2, -0.15) is 0 Å². The van der Waals surface area contributed by atoms with Gasteiger partial charge in [0.1, 0.15) is 11.5 Å². The molecule has 0 amide bonds. The second kappa shape index (κ2) is 6.22. The Morgan fingerprint density at radius 3 is 2.39 bits per heavy atom. The summed E-state index contributed by atoms with van der Waals surface area (Å²) in [5, 5.41) is 3.40. The quantitative estimate of drug-likeness (QED) is 0.855. The van der Waals surface area contributed by atoms with Crippen LogP contribution in [0.1, 0.15) is 19.4 Å². The summed E-state index contributed by atoms with van der Waals surface area (Å²) in [6, 6.07) is 18.5. The third kappa shape index (κ3) is 3.90. The van der Waals surface area contributed by atoms with Crippen LogP contribution in [0.3, 0.4) is 0 Å². The number of para-hydroxylation sites is 1. The molecule has 0 saturated carbocycles. The highest BCUT2D eigenvalue weighted by Gasteiger charge is 1.99. The second-order valence-corrected chi connectivity index (χ2v) is 4.60. The Balaban J connectivity index is 2.03. The molecule has 18 heavy (non-hydrogen) atoms. The number of ether oxygens (including phenoxy) is 1. The summed E-state index contributed by atoms with van der Waals surface area (Å²) in [6.07, 6.45) is 0. The monoisotopic (exact) mass is 241 g/mol. The van der Waals surface area contributed by atoms with Crippen LogP contribution in [0.5, 0.6) is 11.5 Å². The van der Waals surface area contributed by atoms with Gasteiger partial charge in [-0.15, -0.1) is 0 Å².